The van der Waals surface area contributed by atoms with E-state index >= 15 is 4.39 Å². The van der Waals surface area contributed by atoms with Crippen molar-refractivity contribution in [3.05, 3.63) is 41.2 Å². The molecule has 0 aliphatic carbocycles. The summed E-state index contributed by atoms with van der Waals surface area (Å²) in [6, 6.07) is 2.87. The quantitative estimate of drug-likeness (QED) is 0.525. The van der Waals surface area contributed by atoms with Gasteiger partial charge >= 0.3 is 12.3 Å². The summed E-state index contributed by atoms with van der Waals surface area (Å²) in [5.74, 6) is -4.57. The van der Waals surface area contributed by atoms with Crippen LogP contribution in [0.15, 0.2) is 34.9 Å². The number of nitrogens with zero attached hydrogens (tertiary/aromatic N) is 4. The summed E-state index contributed by atoms with van der Waals surface area (Å²) < 4.78 is 61.7. The first-order chi connectivity index (χ1) is 19.3. The van der Waals surface area contributed by atoms with Gasteiger partial charge < -0.3 is 19.9 Å². The number of nitrogens with one attached hydrogen (secondary N) is 1. The van der Waals surface area contributed by atoms with Gasteiger partial charge in [0, 0.05) is 56.1 Å². The van der Waals surface area contributed by atoms with Gasteiger partial charge in [-0.05, 0) is 51.9 Å². The fourth-order valence-corrected chi connectivity index (χ4v) is 5.23. The van der Waals surface area contributed by atoms with Crippen molar-refractivity contribution < 1.29 is 36.7 Å². The molecule has 0 aromatic heterocycles. The molecule has 0 radical (unpaired) electrons. The van der Waals surface area contributed by atoms with Crippen LogP contribution in [0.25, 0.3) is 5.57 Å². The zero-order valence-electron chi connectivity index (χ0n) is 23.3. The van der Waals surface area contributed by atoms with Gasteiger partial charge in [0.25, 0.3) is 5.91 Å². The van der Waals surface area contributed by atoms with Gasteiger partial charge in [-0.3, -0.25) is 14.5 Å². The maximum Gasteiger partial charge on any atom is 0.414 e. The number of hydrogen-bond acceptors (Lipinski definition) is 6. The Kier molecular flexibility index (Phi) is 8.86. The highest BCUT2D eigenvalue weighted by atomic mass is 19.4. The van der Waals surface area contributed by atoms with E-state index in [-0.39, 0.29) is 43.0 Å². The van der Waals surface area contributed by atoms with E-state index in [1.165, 1.54) is 17.0 Å². The smallest absolute Gasteiger partial charge is 0.414 e. The van der Waals surface area contributed by atoms with E-state index in [1.54, 1.807) is 13.0 Å². The second-order valence-corrected chi connectivity index (χ2v) is 10.4. The van der Waals surface area contributed by atoms with E-state index in [9.17, 15) is 27.6 Å². The Morgan fingerprint density at radius 2 is 1.85 bits per heavy atom. The number of dihydropyridines is 1. The Bertz CT molecular complexity index is 1300. The number of likely N-dealkylation sites (N-methyl/N-ethyl adjacent to an activating group) is 1. The Morgan fingerprint density at radius 3 is 2.44 bits per heavy atom. The molecule has 0 bridgehead atoms. The number of rotatable bonds is 5. The normalized spacial score (nSPS) is 23.7. The lowest BCUT2D eigenvalue weighted by atomic mass is 9.95. The number of aliphatic imine (C=N–C) groups is 1. The highest BCUT2D eigenvalue weighted by Gasteiger charge is 2.43. The van der Waals surface area contributed by atoms with Crippen molar-refractivity contribution in [2.24, 2.45) is 10.9 Å². The van der Waals surface area contributed by atoms with Crippen LogP contribution in [0.2, 0.25) is 0 Å². The third-order valence-corrected chi connectivity index (χ3v) is 7.70. The van der Waals surface area contributed by atoms with Gasteiger partial charge in [-0.25, -0.2) is 14.2 Å². The van der Waals surface area contributed by atoms with Crippen molar-refractivity contribution in [3.8, 4) is 0 Å². The second kappa shape index (κ2) is 12.0. The summed E-state index contributed by atoms with van der Waals surface area (Å²) in [7, 11) is 1.98. The molecule has 1 unspecified atom stereocenters. The topological polar surface area (TPSA) is 94.5 Å². The van der Waals surface area contributed by atoms with Crippen LogP contribution in [0.4, 0.5) is 33.7 Å². The van der Waals surface area contributed by atoms with Gasteiger partial charge in [-0.1, -0.05) is 6.08 Å². The first-order valence-corrected chi connectivity index (χ1v) is 13.4. The monoisotopic (exact) mass is 579 g/mol. The summed E-state index contributed by atoms with van der Waals surface area (Å²) in [6.45, 7) is 7.39. The molecule has 13 heteroatoms. The number of hydrogen-bond donors (Lipinski definition) is 1. The van der Waals surface area contributed by atoms with Crippen LogP contribution in [0.5, 0.6) is 0 Å². The number of alkyl halides is 3. The van der Waals surface area contributed by atoms with Gasteiger partial charge in [-0.2, -0.15) is 13.2 Å². The van der Waals surface area contributed by atoms with Gasteiger partial charge in [0.05, 0.1) is 23.6 Å². The Morgan fingerprint density at radius 1 is 1.17 bits per heavy atom. The van der Waals surface area contributed by atoms with Crippen LogP contribution >= 0.6 is 0 Å². The van der Waals surface area contributed by atoms with Crippen molar-refractivity contribution in [2.75, 3.05) is 50.1 Å². The van der Waals surface area contributed by atoms with Crippen molar-refractivity contribution in [2.45, 2.75) is 45.5 Å². The highest BCUT2D eigenvalue weighted by molar-refractivity contribution is 6.11. The Hall–Kier alpha value is -3.74. The zero-order chi connectivity index (χ0) is 30.1. The molecule has 1 aromatic rings. The molecule has 1 saturated heterocycles. The average molecular weight is 580 g/mol. The van der Waals surface area contributed by atoms with Gasteiger partial charge in [-0.15, -0.1) is 0 Å². The van der Waals surface area contributed by atoms with Crippen LogP contribution in [-0.2, 0) is 14.3 Å². The minimum Gasteiger partial charge on any atom is -0.450 e. The molecule has 3 amide bonds. The molecular weight excluding hydrogens is 546 g/mol. The molecule has 1 fully saturated rings. The summed E-state index contributed by atoms with van der Waals surface area (Å²) in [6.07, 6.45) is -2.42. The lowest BCUT2D eigenvalue weighted by molar-refractivity contribution is -0.124. The number of benzene rings is 1. The first kappa shape index (κ1) is 30.2. The summed E-state index contributed by atoms with van der Waals surface area (Å²) in [5.41, 5.74) is -0.101. The van der Waals surface area contributed by atoms with Gasteiger partial charge in [0.15, 0.2) is 0 Å². The van der Waals surface area contributed by atoms with E-state index in [1.807, 2.05) is 25.8 Å². The average Bonchev–Trinajstić information content (AvgIpc) is 2.91. The predicted octanol–water partition coefficient (Wildman–Crippen LogP) is 4.25. The molecule has 222 valence electrons. The van der Waals surface area contributed by atoms with E-state index in [0.29, 0.717) is 43.1 Å². The minimum absolute atomic E-state index is 0.0798. The number of ether oxygens (including phenoxy) is 1. The number of carbonyl (C=O) groups excluding carboxylic acids is 3. The number of carbonyl (C=O) groups is 3. The van der Waals surface area contributed by atoms with Crippen molar-refractivity contribution >= 4 is 41.1 Å². The summed E-state index contributed by atoms with van der Waals surface area (Å²) >= 11 is 0. The van der Waals surface area contributed by atoms with E-state index in [4.69, 9.17) is 4.74 Å². The van der Waals surface area contributed by atoms with Crippen LogP contribution in [0.1, 0.15) is 32.8 Å². The fourth-order valence-electron chi connectivity index (χ4n) is 5.23. The van der Waals surface area contributed by atoms with Crippen LogP contribution in [0, 0.1) is 11.7 Å². The molecular formula is C28H33F4N5O4. The molecule has 0 saturated carbocycles. The first-order valence-electron chi connectivity index (χ1n) is 13.4. The van der Waals surface area contributed by atoms with Crippen LogP contribution in [0.3, 0.4) is 0 Å². The third-order valence-electron chi connectivity index (χ3n) is 7.70. The van der Waals surface area contributed by atoms with Crippen LogP contribution in [-0.4, -0.2) is 92.0 Å². The van der Waals surface area contributed by atoms with E-state index in [0.717, 1.165) is 0 Å². The molecule has 41 heavy (non-hydrogen) atoms. The Balaban J connectivity index is 1.71. The van der Waals surface area contributed by atoms with E-state index < -0.39 is 41.4 Å². The SMILES string of the molecule is CCOC(=O)N1CC=C(c2cc(NC(=O)C3C=NC(=O)C=C3C(F)(F)F)c(N3C[C@@H](C)N(C)[C@@H](C)C3)cc2F)CC1. The third kappa shape index (κ3) is 6.61. The molecule has 4 rings (SSSR count). The fraction of sp³-hybridized carbons (Fsp3) is 0.500. The summed E-state index contributed by atoms with van der Waals surface area (Å²) in [5, 5.41) is 2.57. The molecule has 1 aromatic carbocycles. The molecule has 3 aliphatic rings. The lowest BCUT2D eigenvalue weighted by Crippen LogP contribution is -2.55. The molecule has 3 aliphatic heterocycles. The van der Waals surface area contributed by atoms with Crippen molar-refractivity contribution in [3.63, 3.8) is 0 Å². The molecule has 1 N–H and O–H groups in total. The molecule has 3 atom stereocenters. The molecule has 9 nitrogen and oxygen atoms in total. The molecule has 0 spiro atoms. The zero-order valence-corrected chi connectivity index (χ0v) is 23.3. The Labute approximate surface area is 235 Å². The lowest BCUT2D eigenvalue weighted by Gasteiger charge is -2.44. The van der Waals surface area contributed by atoms with Gasteiger partial charge in [0.2, 0.25) is 5.91 Å². The number of halogens is 4. The van der Waals surface area contributed by atoms with Gasteiger partial charge in [0.1, 0.15) is 11.7 Å². The van der Waals surface area contributed by atoms with Crippen molar-refractivity contribution in [1.82, 2.24) is 9.80 Å². The second-order valence-electron chi connectivity index (χ2n) is 10.4. The van der Waals surface area contributed by atoms with Crippen LogP contribution < -0.4 is 10.2 Å². The largest absolute Gasteiger partial charge is 0.450 e. The predicted molar refractivity (Wildman–Crippen MR) is 146 cm³/mol. The number of anilines is 2. The summed E-state index contributed by atoms with van der Waals surface area (Å²) in [4.78, 5) is 45.8. The standard InChI is InChI=1S/C28H33F4N5O4/c1-5-41-27(40)36-8-6-18(7-9-36)19-10-23(24(12-22(19)29)37-14-16(2)35(4)17(3)15-37)34-26(39)20-13-33-25(38)11-21(20)28(30,31)32/h6,10-13,16-17,20H,5,7-9,14-15H2,1-4H3,(H,34,39)/t16-,17+,20?. The van der Waals surface area contributed by atoms with E-state index in [2.05, 4.69) is 15.2 Å². The highest BCUT2D eigenvalue weighted by Crippen LogP contribution is 2.38. The number of amides is 3. The maximum absolute atomic E-state index is 15.7. The maximum atomic E-state index is 15.7. The van der Waals surface area contributed by atoms with Crippen molar-refractivity contribution in [1.29, 1.82) is 0 Å². The minimum atomic E-state index is -4.93. The molecule has 3 heterocycles. The number of piperazine rings is 1.